The first-order chi connectivity index (χ1) is 5.52. The molecule has 0 aliphatic heterocycles. The van der Waals surface area contributed by atoms with Crippen molar-refractivity contribution in [3.63, 3.8) is 0 Å². The van der Waals surface area contributed by atoms with Crippen molar-refractivity contribution in [3.05, 3.63) is 17.5 Å². The van der Waals surface area contributed by atoms with Gasteiger partial charge in [-0.25, -0.2) is 4.57 Å². The van der Waals surface area contributed by atoms with Gasteiger partial charge in [-0.05, 0) is 17.5 Å². The topological polar surface area (TPSA) is 96.4 Å². The van der Waals surface area contributed by atoms with E-state index in [1.807, 2.05) is 0 Å². The van der Waals surface area contributed by atoms with Gasteiger partial charge in [0.1, 0.15) is 0 Å². The largest absolute Gasteiger partial charge is 0.442 e. The van der Waals surface area contributed by atoms with E-state index in [1.165, 1.54) is 6.07 Å². The summed E-state index contributed by atoms with van der Waals surface area (Å²) in [7, 11) is -4.08. The first kappa shape index (κ1) is 9.25. The molecule has 1 unspecified atom stereocenters. The molecule has 0 saturated heterocycles. The zero-order valence-corrected chi connectivity index (χ0v) is 7.64. The van der Waals surface area contributed by atoms with Crippen LogP contribution in [0.25, 0.3) is 0 Å². The Kier molecular flexibility index (Phi) is 2.52. The van der Waals surface area contributed by atoms with Crippen LogP contribution in [0.4, 0.5) is 0 Å². The van der Waals surface area contributed by atoms with Crippen molar-refractivity contribution in [2.24, 2.45) is 5.73 Å². The predicted octanol–water partition coefficient (Wildman–Crippen LogP) is 1.21. The fourth-order valence-electron chi connectivity index (χ4n) is 0.487. The molecule has 1 aromatic heterocycles. The third-order valence-corrected chi connectivity index (χ3v) is 2.93. The molecule has 12 heavy (non-hydrogen) atoms. The molecule has 1 atom stereocenters. The number of amidine groups is 1. The van der Waals surface area contributed by atoms with E-state index in [2.05, 4.69) is 4.52 Å². The molecule has 1 aromatic rings. The molecule has 0 saturated carbocycles. The minimum absolute atomic E-state index is 0.274. The predicted molar refractivity (Wildman–Crippen MR) is 46.7 cm³/mol. The van der Waals surface area contributed by atoms with E-state index < -0.39 is 13.2 Å². The van der Waals surface area contributed by atoms with Crippen LogP contribution in [0.3, 0.4) is 0 Å². The Balaban J connectivity index is 2.76. The minimum atomic E-state index is -4.08. The molecule has 0 fully saturated rings. The van der Waals surface area contributed by atoms with Crippen molar-refractivity contribution in [2.45, 2.75) is 0 Å². The maximum atomic E-state index is 11.0. The van der Waals surface area contributed by atoms with Crippen molar-refractivity contribution in [2.75, 3.05) is 0 Å². The SMILES string of the molecule is N=C(N)P(=O)(O)Oc1cccs1. The lowest BCUT2D eigenvalue weighted by Crippen LogP contribution is -2.13. The monoisotopic (exact) mass is 206 g/mol. The third-order valence-electron chi connectivity index (χ3n) is 1.01. The molecule has 0 spiro atoms. The van der Waals surface area contributed by atoms with Crippen LogP contribution in [-0.4, -0.2) is 10.5 Å². The van der Waals surface area contributed by atoms with Gasteiger partial charge in [0.15, 0.2) is 5.06 Å². The van der Waals surface area contributed by atoms with Gasteiger partial charge in [0.2, 0.25) is 5.58 Å². The molecule has 0 bridgehead atoms. The zero-order chi connectivity index (χ0) is 9.19. The van der Waals surface area contributed by atoms with E-state index >= 15 is 0 Å². The highest BCUT2D eigenvalue weighted by molar-refractivity contribution is 7.71. The van der Waals surface area contributed by atoms with Gasteiger partial charge in [0, 0.05) is 0 Å². The summed E-state index contributed by atoms with van der Waals surface area (Å²) in [5, 5.41) is 8.71. The maximum Gasteiger partial charge on any atom is 0.442 e. The minimum Gasteiger partial charge on any atom is -0.409 e. The summed E-state index contributed by atoms with van der Waals surface area (Å²) in [5.74, 6) is 0. The van der Waals surface area contributed by atoms with Gasteiger partial charge in [-0.2, -0.15) is 0 Å². The standard InChI is InChI=1S/C5H7N2O3PS/c6-5(7)11(8,9)10-4-2-1-3-12-4/h1-3H,(H3,6,7)(H,8,9). The second kappa shape index (κ2) is 3.26. The average Bonchev–Trinajstić information content (AvgIpc) is 2.38. The fourth-order valence-corrected chi connectivity index (χ4v) is 1.81. The van der Waals surface area contributed by atoms with Crippen LogP contribution >= 0.6 is 18.9 Å². The summed E-state index contributed by atoms with van der Waals surface area (Å²) in [6, 6.07) is 3.19. The number of rotatable bonds is 3. The molecule has 0 aliphatic rings. The van der Waals surface area contributed by atoms with E-state index in [9.17, 15) is 4.57 Å². The van der Waals surface area contributed by atoms with Gasteiger partial charge >= 0.3 is 7.60 Å². The molecule has 4 N–H and O–H groups in total. The van der Waals surface area contributed by atoms with Crippen LogP contribution in [0, 0.1) is 5.41 Å². The van der Waals surface area contributed by atoms with Crippen LogP contribution in [-0.2, 0) is 4.57 Å². The Labute approximate surface area is 72.8 Å². The van der Waals surface area contributed by atoms with Gasteiger partial charge in [0.25, 0.3) is 0 Å². The van der Waals surface area contributed by atoms with Gasteiger partial charge in [-0.3, -0.25) is 5.41 Å². The molecular formula is C5H7N2O3PS. The Morgan fingerprint density at radius 1 is 1.83 bits per heavy atom. The van der Waals surface area contributed by atoms with Crippen LogP contribution in [0.1, 0.15) is 0 Å². The maximum absolute atomic E-state index is 11.0. The van der Waals surface area contributed by atoms with Crippen molar-refractivity contribution < 1.29 is 14.0 Å². The van der Waals surface area contributed by atoms with Crippen LogP contribution < -0.4 is 10.3 Å². The Morgan fingerprint density at radius 3 is 2.92 bits per heavy atom. The van der Waals surface area contributed by atoms with Crippen molar-refractivity contribution in [1.29, 1.82) is 5.41 Å². The van der Waals surface area contributed by atoms with E-state index in [1.54, 1.807) is 11.4 Å². The third kappa shape index (κ3) is 2.07. The number of hydrogen-bond acceptors (Lipinski definition) is 4. The van der Waals surface area contributed by atoms with Gasteiger partial charge in [-0.15, -0.1) is 11.3 Å². The number of nitrogens with two attached hydrogens (primary N) is 1. The van der Waals surface area contributed by atoms with Crippen LogP contribution in [0.15, 0.2) is 17.5 Å². The molecule has 0 aromatic carbocycles. The first-order valence-electron chi connectivity index (χ1n) is 2.93. The molecule has 5 nitrogen and oxygen atoms in total. The smallest absolute Gasteiger partial charge is 0.409 e. The molecule has 0 aliphatic carbocycles. The second-order valence-electron chi connectivity index (χ2n) is 1.93. The van der Waals surface area contributed by atoms with Gasteiger partial charge in [0.05, 0.1) is 0 Å². The lowest BCUT2D eigenvalue weighted by Gasteiger charge is -2.08. The van der Waals surface area contributed by atoms with Crippen LogP contribution in [0.5, 0.6) is 5.06 Å². The van der Waals surface area contributed by atoms with E-state index in [0.717, 1.165) is 11.3 Å². The molecular weight excluding hydrogens is 199 g/mol. The Hall–Kier alpha value is -0.840. The van der Waals surface area contributed by atoms with Gasteiger partial charge in [-0.1, -0.05) is 0 Å². The lowest BCUT2D eigenvalue weighted by molar-refractivity contribution is 0.400. The number of thiophene rings is 1. The number of hydrogen-bond donors (Lipinski definition) is 3. The van der Waals surface area contributed by atoms with E-state index in [-0.39, 0.29) is 5.06 Å². The summed E-state index contributed by atoms with van der Waals surface area (Å²) < 4.78 is 15.6. The molecule has 1 heterocycles. The molecule has 0 amide bonds. The zero-order valence-electron chi connectivity index (χ0n) is 5.93. The second-order valence-corrected chi connectivity index (χ2v) is 4.54. The first-order valence-corrected chi connectivity index (χ1v) is 5.38. The number of nitrogens with one attached hydrogen (secondary N) is 1. The lowest BCUT2D eigenvalue weighted by atomic mass is 10.7. The van der Waals surface area contributed by atoms with Gasteiger partial charge < -0.3 is 15.2 Å². The Bertz CT molecular complexity index is 323. The molecule has 66 valence electrons. The molecule has 7 heteroatoms. The van der Waals surface area contributed by atoms with Crippen molar-refractivity contribution in [3.8, 4) is 5.06 Å². The normalized spacial score (nSPS) is 15.1. The summed E-state index contributed by atoms with van der Waals surface area (Å²) in [6.45, 7) is 0. The highest BCUT2D eigenvalue weighted by atomic mass is 32.1. The quantitative estimate of drug-likeness (QED) is 0.393. The van der Waals surface area contributed by atoms with E-state index in [4.69, 9.17) is 16.0 Å². The Morgan fingerprint density at radius 2 is 2.50 bits per heavy atom. The van der Waals surface area contributed by atoms with Crippen LogP contribution in [0.2, 0.25) is 0 Å². The summed E-state index contributed by atoms with van der Waals surface area (Å²) >= 11 is 1.16. The highest BCUT2D eigenvalue weighted by Gasteiger charge is 2.25. The summed E-state index contributed by atoms with van der Waals surface area (Å²) in [5.41, 5.74) is 3.99. The van der Waals surface area contributed by atoms with E-state index in [0.29, 0.717) is 0 Å². The summed E-state index contributed by atoms with van der Waals surface area (Å²) in [4.78, 5) is 8.95. The fraction of sp³-hybridized carbons (Fsp3) is 0. The molecule has 0 radical (unpaired) electrons. The van der Waals surface area contributed by atoms with Crippen molar-refractivity contribution >= 4 is 24.5 Å². The van der Waals surface area contributed by atoms with Crippen molar-refractivity contribution in [1.82, 2.24) is 0 Å². The molecule has 1 rings (SSSR count). The average molecular weight is 206 g/mol. The highest BCUT2D eigenvalue weighted by Crippen LogP contribution is 2.43. The summed E-state index contributed by atoms with van der Waals surface area (Å²) in [6.07, 6.45) is 0.